The quantitative estimate of drug-likeness (QED) is 0.467. The maximum atomic E-state index is 13.4. The molecule has 1 amide bonds. The van der Waals surface area contributed by atoms with Crippen LogP contribution in [0.25, 0.3) is 20.6 Å². The maximum absolute atomic E-state index is 13.4. The van der Waals surface area contributed by atoms with E-state index in [0.29, 0.717) is 19.0 Å². The van der Waals surface area contributed by atoms with Gasteiger partial charge in [0.15, 0.2) is 5.13 Å². The number of carbonyl (C=O) groups is 1. The molecule has 0 unspecified atom stereocenters. The van der Waals surface area contributed by atoms with Crippen LogP contribution in [-0.4, -0.2) is 56.9 Å². The third-order valence-electron chi connectivity index (χ3n) is 6.12. The van der Waals surface area contributed by atoms with E-state index in [1.165, 1.54) is 24.2 Å². The monoisotopic (exact) mass is 450 g/mol. The average Bonchev–Trinajstić information content (AvgIpc) is 3.46. The Morgan fingerprint density at radius 1 is 1.03 bits per heavy atom. The molecule has 158 valence electrons. The summed E-state index contributed by atoms with van der Waals surface area (Å²) in [5, 5.41) is 2.04. The van der Waals surface area contributed by atoms with Crippen molar-refractivity contribution in [1.82, 2.24) is 24.8 Å². The Labute approximate surface area is 187 Å². The Balaban J connectivity index is 1.22. The zero-order valence-corrected chi connectivity index (χ0v) is 19.1. The molecule has 4 aromatic heterocycles. The molecule has 0 radical (unpaired) electrons. The molecule has 2 fully saturated rings. The molecule has 4 aromatic rings. The summed E-state index contributed by atoms with van der Waals surface area (Å²) in [7, 11) is 0. The summed E-state index contributed by atoms with van der Waals surface area (Å²) >= 11 is 3.14. The van der Waals surface area contributed by atoms with E-state index in [-0.39, 0.29) is 5.91 Å². The lowest BCUT2D eigenvalue weighted by Gasteiger charge is -2.34. The molecule has 0 N–H and O–H groups in total. The summed E-state index contributed by atoms with van der Waals surface area (Å²) in [6.07, 6.45) is 4.15. The molecule has 1 aliphatic heterocycles. The first-order chi connectivity index (χ1) is 15.1. The smallest absolute Gasteiger partial charge is 0.264 e. The fraction of sp³-hybridized carbons (Fsp3) is 0.409. The van der Waals surface area contributed by atoms with E-state index in [4.69, 9.17) is 15.0 Å². The molecule has 9 heteroatoms. The van der Waals surface area contributed by atoms with Gasteiger partial charge in [-0.3, -0.25) is 4.79 Å². The van der Waals surface area contributed by atoms with Gasteiger partial charge in [-0.2, -0.15) is 0 Å². The van der Waals surface area contributed by atoms with Crippen molar-refractivity contribution in [2.45, 2.75) is 32.6 Å². The summed E-state index contributed by atoms with van der Waals surface area (Å²) in [5.41, 5.74) is 2.95. The van der Waals surface area contributed by atoms with E-state index < -0.39 is 0 Å². The number of piperazine rings is 1. The Morgan fingerprint density at radius 3 is 2.58 bits per heavy atom. The topological polar surface area (TPSA) is 75.1 Å². The normalized spacial score (nSPS) is 17.1. The predicted molar refractivity (Wildman–Crippen MR) is 124 cm³/mol. The largest absolute Gasteiger partial charge is 0.344 e. The third-order valence-corrected chi connectivity index (χ3v) is 8.33. The Bertz CT molecular complexity index is 1280. The van der Waals surface area contributed by atoms with Gasteiger partial charge < -0.3 is 9.80 Å². The fourth-order valence-electron chi connectivity index (χ4n) is 4.23. The molecule has 31 heavy (non-hydrogen) atoms. The lowest BCUT2D eigenvalue weighted by molar-refractivity contribution is 0.0751. The van der Waals surface area contributed by atoms with Crippen LogP contribution in [0.5, 0.6) is 0 Å². The minimum absolute atomic E-state index is 0.110. The highest BCUT2D eigenvalue weighted by atomic mass is 32.1. The van der Waals surface area contributed by atoms with Gasteiger partial charge >= 0.3 is 0 Å². The number of amides is 1. The van der Waals surface area contributed by atoms with E-state index in [9.17, 15) is 4.79 Å². The minimum atomic E-state index is 0.110. The van der Waals surface area contributed by atoms with Crippen molar-refractivity contribution in [2.24, 2.45) is 0 Å². The first kappa shape index (κ1) is 19.1. The summed E-state index contributed by atoms with van der Waals surface area (Å²) < 4.78 is 0. The van der Waals surface area contributed by atoms with Gasteiger partial charge in [0, 0.05) is 43.7 Å². The number of aryl methyl sites for hydroxylation is 2. The first-order valence-electron chi connectivity index (χ1n) is 10.6. The van der Waals surface area contributed by atoms with Crippen molar-refractivity contribution in [3.8, 4) is 0 Å². The molecular weight excluding hydrogens is 428 g/mol. The molecule has 0 aromatic carbocycles. The van der Waals surface area contributed by atoms with Gasteiger partial charge in [-0.1, -0.05) is 11.3 Å². The molecule has 0 spiro atoms. The summed E-state index contributed by atoms with van der Waals surface area (Å²) in [6.45, 7) is 7.00. The molecule has 7 nitrogen and oxygen atoms in total. The van der Waals surface area contributed by atoms with E-state index in [1.54, 1.807) is 17.5 Å². The van der Waals surface area contributed by atoms with Gasteiger partial charge in [0.1, 0.15) is 21.0 Å². The highest BCUT2D eigenvalue weighted by Gasteiger charge is 2.30. The highest BCUT2D eigenvalue weighted by Crippen LogP contribution is 2.40. The summed E-state index contributed by atoms with van der Waals surface area (Å²) in [4.78, 5) is 38.9. The zero-order valence-electron chi connectivity index (χ0n) is 17.5. The molecule has 5 heterocycles. The van der Waals surface area contributed by atoms with E-state index in [1.807, 2.05) is 30.9 Å². The highest BCUT2D eigenvalue weighted by molar-refractivity contribution is 7.21. The summed E-state index contributed by atoms with van der Waals surface area (Å²) in [6, 6.07) is 3.90. The van der Waals surface area contributed by atoms with Crippen LogP contribution < -0.4 is 4.90 Å². The number of hydrogen-bond acceptors (Lipinski definition) is 8. The zero-order chi connectivity index (χ0) is 21.1. The van der Waals surface area contributed by atoms with E-state index >= 15 is 0 Å². The standard InChI is InChI=1S/C22H22N6OS2/c1-12-16-13(2)24-18(14-5-6-14)26-20(16)30-17(12)21(29)27-8-10-28(11-9-27)22-25-15-4-3-7-23-19(15)31-22/h3-4,7,14H,5-6,8-11H2,1-2H3. The number of thiophene rings is 1. The Kier molecular flexibility index (Phi) is 4.43. The van der Waals surface area contributed by atoms with Crippen molar-refractivity contribution >= 4 is 54.3 Å². The number of thiazole rings is 1. The molecule has 1 saturated heterocycles. The van der Waals surface area contributed by atoms with Crippen LogP contribution >= 0.6 is 22.7 Å². The number of aromatic nitrogens is 4. The Morgan fingerprint density at radius 2 is 1.84 bits per heavy atom. The second-order valence-corrected chi connectivity index (χ2v) is 10.2. The fourth-order valence-corrected chi connectivity index (χ4v) is 6.39. The average molecular weight is 451 g/mol. The Hall–Kier alpha value is -2.65. The van der Waals surface area contributed by atoms with Crippen LogP contribution in [0.4, 0.5) is 5.13 Å². The van der Waals surface area contributed by atoms with Crippen molar-refractivity contribution in [2.75, 3.05) is 31.1 Å². The van der Waals surface area contributed by atoms with E-state index in [2.05, 4.69) is 9.88 Å². The van der Waals surface area contributed by atoms with Gasteiger partial charge in [0.05, 0.1) is 10.6 Å². The lowest BCUT2D eigenvalue weighted by Crippen LogP contribution is -2.48. The SMILES string of the molecule is Cc1nc(C2CC2)nc2sc(C(=O)N3CCN(c4nc5cccnc5s4)CC3)c(C)c12. The molecule has 1 saturated carbocycles. The van der Waals surface area contributed by atoms with Crippen LogP contribution in [0.2, 0.25) is 0 Å². The van der Waals surface area contributed by atoms with Crippen LogP contribution in [0.1, 0.15) is 45.5 Å². The number of hydrogen-bond donors (Lipinski definition) is 0. The molecule has 2 aliphatic rings. The summed E-state index contributed by atoms with van der Waals surface area (Å²) in [5.74, 6) is 1.57. The maximum Gasteiger partial charge on any atom is 0.264 e. The van der Waals surface area contributed by atoms with Crippen molar-refractivity contribution in [3.05, 3.63) is 40.3 Å². The van der Waals surface area contributed by atoms with Crippen molar-refractivity contribution in [3.63, 3.8) is 0 Å². The van der Waals surface area contributed by atoms with Gasteiger partial charge in [-0.15, -0.1) is 11.3 Å². The number of fused-ring (bicyclic) bond motifs is 2. The number of anilines is 1. The van der Waals surface area contributed by atoms with Crippen LogP contribution in [-0.2, 0) is 0 Å². The molecular formula is C22H22N6OS2. The minimum Gasteiger partial charge on any atom is -0.344 e. The van der Waals surface area contributed by atoms with Gasteiger partial charge in [-0.05, 0) is 44.4 Å². The van der Waals surface area contributed by atoms with Crippen molar-refractivity contribution < 1.29 is 4.79 Å². The number of pyridine rings is 1. The second-order valence-electron chi connectivity index (χ2n) is 8.28. The van der Waals surface area contributed by atoms with Crippen molar-refractivity contribution in [1.29, 1.82) is 0 Å². The van der Waals surface area contributed by atoms with Gasteiger partial charge in [-0.25, -0.2) is 19.9 Å². The predicted octanol–water partition coefficient (Wildman–Crippen LogP) is 4.15. The number of carbonyl (C=O) groups excluding carboxylic acids is 1. The number of rotatable bonds is 3. The first-order valence-corrected chi connectivity index (χ1v) is 12.2. The molecule has 6 rings (SSSR count). The molecule has 0 atom stereocenters. The van der Waals surface area contributed by atoms with E-state index in [0.717, 1.165) is 60.7 Å². The van der Waals surface area contributed by atoms with Crippen LogP contribution in [0, 0.1) is 13.8 Å². The molecule has 1 aliphatic carbocycles. The lowest BCUT2D eigenvalue weighted by atomic mass is 10.1. The van der Waals surface area contributed by atoms with Crippen LogP contribution in [0.15, 0.2) is 18.3 Å². The van der Waals surface area contributed by atoms with Gasteiger partial charge in [0.2, 0.25) is 0 Å². The van der Waals surface area contributed by atoms with Gasteiger partial charge in [0.25, 0.3) is 5.91 Å². The number of nitrogens with zero attached hydrogens (tertiary/aromatic N) is 6. The van der Waals surface area contributed by atoms with Crippen LogP contribution in [0.3, 0.4) is 0 Å². The second kappa shape index (κ2) is 7.20. The molecule has 0 bridgehead atoms. The third kappa shape index (κ3) is 3.27.